The number of benzene rings is 3. The first-order valence-corrected chi connectivity index (χ1v) is 14.0. The topological polar surface area (TPSA) is 43.8 Å². The molecule has 0 spiro atoms. The third kappa shape index (κ3) is 5.23. The number of nitrogen functional groups attached to an aromatic ring is 1. The molecule has 0 aliphatic heterocycles. The highest BCUT2D eigenvalue weighted by Gasteiger charge is 2.34. The first kappa shape index (κ1) is 25.3. The van der Waals surface area contributed by atoms with Crippen molar-refractivity contribution in [3.8, 4) is 22.5 Å². The minimum atomic E-state index is 0.387. The van der Waals surface area contributed by atoms with Crippen LogP contribution in [0, 0.1) is 11.8 Å². The number of para-hydroxylation sites is 1. The van der Waals surface area contributed by atoms with E-state index in [1.54, 1.807) is 0 Å². The average molecular weight is 492 g/mol. The van der Waals surface area contributed by atoms with E-state index in [-0.39, 0.29) is 0 Å². The van der Waals surface area contributed by atoms with Crippen LogP contribution in [0.4, 0.5) is 5.69 Å². The molecule has 1 aliphatic carbocycles. The Morgan fingerprint density at radius 2 is 1.49 bits per heavy atom. The fourth-order valence-electron chi connectivity index (χ4n) is 6.44. The zero-order valence-electron chi connectivity index (χ0n) is 22.8. The summed E-state index contributed by atoms with van der Waals surface area (Å²) in [5.41, 5.74) is 14.9. The zero-order chi connectivity index (χ0) is 25.9. The van der Waals surface area contributed by atoms with E-state index >= 15 is 0 Å². The minimum Gasteiger partial charge on any atom is -0.398 e. The van der Waals surface area contributed by atoms with Gasteiger partial charge < -0.3 is 5.73 Å². The number of nitrogens with zero attached hydrogens (tertiary/aromatic N) is 2. The van der Waals surface area contributed by atoms with Crippen molar-refractivity contribution in [3.63, 3.8) is 0 Å². The zero-order valence-corrected chi connectivity index (χ0v) is 22.8. The van der Waals surface area contributed by atoms with E-state index in [4.69, 9.17) is 10.8 Å². The SMILES string of the molecule is CC(C)c1cccc(C(C)CC2CCC[C@H](n3nc(-c4ccccc4)cc3-c3ccccc3)[C@H]2C)c1N. The van der Waals surface area contributed by atoms with Crippen LogP contribution in [0.2, 0.25) is 0 Å². The first-order chi connectivity index (χ1) is 17.9. The minimum absolute atomic E-state index is 0.387. The number of anilines is 1. The summed E-state index contributed by atoms with van der Waals surface area (Å²) in [4.78, 5) is 0. The van der Waals surface area contributed by atoms with E-state index in [0.29, 0.717) is 29.7 Å². The van der Waals surface area contributed by atoms with E-state index in [1.165, 1.54) is 47.2 Å². The third-order valence-corrected chi connectivity index (χ3v) is 8.60. The maximum Gasteiger partial charge on any atom is 0.0929 e. The molecule has 0 radical (unpaired) electrons. The molecule has 4 atom stereocenters. The van der Waals surface area contributed by atoms with Gasteiger partial charge in [-0.15, -0.1) is 0 Å². The number of hydrogen-bond acceptors (Lipinski definition) is 2. The summed E-state index contributed by atoms with van der Waals surface area (Å²) in [6.07, 6.45) is 4.85. The second-order valence-corrected chi connectivity index (χ2v) is 11.4. The third-order valence-electron chi connectivity index (χ3n) is 8.60. The van der Waals surface area contributed by atoms with Crippen molar-refractivity contribution in [2.24, 2.45) is 11.8 Å². The van der Waals surface area contributed by atoms with Gasteiger partial charge in [0.15, 0.2) is 0 Å². The Morgan fingerprint density at radius 3 is 2.16 bits per heavy atom. The Bertz CT molecular complexity index is 1310. The lowest BCUT2D eigenvalue weighted by molar-refractivity contribution is 0.150. The summed E-state index contributed by atoms with van der Waals surface area (Å²) in [6.45, 7) is 9.27. The molecule has 3 aromatic carbocycles. The van der Waals surface area contributed by atoms with Crippen LogP contribution < -0.4 is 5.73 Å². The van der Waals surface area contributed by atoms with Crippen LogP contribution in [0.3, 0.4) is 0 Å². The Hall–Kier alpha value is -3.33. The summed E-state index contributed by atoms with van der Waals surface area (Å²) in [6, 6.07) is 30.6. The van der Waals surface area contributed by atoms with Gasteiger partial charge in [-0.25, -0.2) is 0 Å². The Morgan fingerprint density at radius 1 is 0.838 bits per heavy atom. The molecule has 0 bridgehead atoms. The van der Waals surface area contributed by atoms with E-state index < -0.39 is 0 Å². The molecule has 1 aromatic heterocycles. The van der Waals surface area contributed by atoms with Crippen molar-refractivity contribution < 1.29 is 0 Å². The number of nitrogens with two attached hydrogens (primary N) is 1. The first-order valence-electron chi connectivity index (χ1n) is 14.0. The number of rotatable bonds is 7. The van der Waals surface area contributed by atoms with Gasteiger partial charge >= 0.3 is 0 Å². The molecule has 1 aliphatic rings. The molecule has 1 saturated carbocycles. The highest BCUT2D eigenvalue weighted by Crippen LogP contribution is 2.45. The van der Waals surface area contributed by atoms with Crippen LogP contribution in [0.1, 0.15) is 82.4 Å². The molecule has 1 fully saturated rings. The van der Waals surface area contributed by atoms with Crippen LogP contribution in [0.25, 0.3) is 22.5 Å². The van der Waals surface area contributed by atoms with Gasteiger partial charge in [-0.3, -0.25) is 4.68 Å². The Kier molecular flexibility index (Phi) is 7.50. The maximum absolute atomic E-state index is 6.67. The van der Waals surface area contributed by atoms with Crippen molar-refractivity contribution in [1.29, 1.82) is 0 Å². The maximum atomic E-state index is 6.67. The van der Waals surface area contributed by atoms with E-state index in [2.05, 4.69) is 117 Å². The molecule has 192 valence electrons. The summed E-state index contributed by atoms with van der Waals surface area (Å²) in [5.74, 6) is 2.07. The summed E-state index contributed by atoms with van der Waals surface area (Å²) < 4.78 is 2.35. The monoisotopic (exact) mass is 491 g/mol. The molecule has 0 amide bonds. The van der Waals surface area contributed by atoms with Gasteiger partial charge in [0.25, 0.3) is 0 Å². The fraction of sp³-hybridized carbons (Fsp3) is 0.382. The van der Waals surface area contributed by atoms with Crippen molar-refractivity contribution in [2.75, 3.05) is 5.73 Å². The predicted octanol–water partition coefficient (Wildman–Crippen LogP) is 9.09. The highest BCUT2D eigenvalue weighted by molar-refractivity contribution is 5.68. The van der Waals surface area contributed by atoms with Crippen molar-refractivity contribution in [2.45, 2.75) is 71.3 Å². The van der Waals surface area contributed by atoms with Gasteiger partial charge in [-0.05, 0) is 59.3 Å². The van der Waals surface area contributed by atoms with Gasteiger partial charge in [0, 0.05) is 11.3 Å². The molecular weight excluding hydrogens is 450 g/mol. The van der Waals surface area contributed by atoms with Crippen molar-refractivity contribution in [1.82, 2.24) is 9.78 Å². The van der Waals surface area contributed by atoms with Gasteiger partial charge in [0.1, 0.15) is 0 Å². The predicted molar refractivity (Wildman–Crippen MR) is 157 cm³/mol. The molecule has 2 unspecified atom stereocenters. The van der Waals surface area contributed by atoms with Crippen molar-refractivity contribution in [3.05, 3.63) is 96.1 Å². The van der Waals surface area contributed by atoms with Crippen LogP contribution >= 0.6 is 0 Å². The van der Waals surface area contributed by atoms with E-state index in [0.717, 1.165) is 17.8 Å². The normalized spacial score (nSPS) is 20.7. The standard InChI is InChI=1S/C34H41N3/c1-23(2)29-18-12-19-30(34(29)35)24(3)21-28-17-11-20-32(25(28)4)37-33(27-15-9-6-10-16-27)22-31(36-37)26-13-7-5-8-14-26/h5-10,12-16,18-19,22-25,28,32H,11,17,20-21,35H2,1-4H3/t24?,25-,28?,32-/m0/s1. The molecule has 1 heterocycles. The lowest BCUT2D eigenvalue weighted by atomic mass is 9.72. The lowest BCUT2D eigenvalue weighted by Gasteiger charge is -2.38. The van der Waals surface area contributed by atoms with E-state index in [1.807, 2.05) is 0 Å². The van der Waals surface area contributed by atoms with Crippen LogP contribution in [0.15, 0.2) is 84.9 Å². The lowest BCUT2D eigenvalue weighted by Crippen LogP contribution is -2.30. The van der Waals surface area contributed by atoms with Gasteiger partial charge in [-0.1, -0.05) is 119 Å². The molecule has 3 nitrogen and oxygen atoms in total. The van der Waals surface area contributed by atoms with Crippen LogP contribution in [-0.4, -0.2) is 9.78 Å². The van der Waals surface area contributed by atoms with Gasteiger partial charge in [-0.2, -0.15) is 5.10 Å². The fourth-order valence-corrected chi connectivity index (χ4v) is 6.44. The van der Waals surface area contributed by atoms with Gasteiger partial charge in [0.05, 0.1) is 17.4 Å². The molecule has 0 saturated heterocycles. The molecule has 2 N–H and O–H groups in total. The summed E-state index contributed by atoms with van der Waals surface area (Å²) in [7, 11) is 0. The quantitative estimate of drug-likeness (QED) is 0.262. The molecule has 4 aromatic rings. The smallest absolute Gasteiger partial charge is 0.0929 e. The Labute approximate surface area is 222 Å². The van der Waals surface area contributed by atoms with Crippen LogP contribution in [-0.2, 0) is 0 Å². The number of hydrogen-bond donors (Lipinski definition) is 1. The molecule has 37 heavy (non-hydrogen) atoms. The van der Waals surface area contributed by atoms with Gasteiger partial charge in [0.2, 0.25) is 0 Å². The Balaban J connectivity index is 1.44. The highest BCUT2D eigenvalue weighted by atomic mass is 15.3. The summed E-state index contributed by atoms with van der Waals surface area (Å²) >= 11 is 0. The average Bonchev–Trinajstić information content (AvgIpc) is 3.36. The molecule has 5 rings (SSSR count). The molecular formula is C34H41N3. The van der Waals surface area contributed by atoms with Crippen LogP contribution in [0.5, 0.6) is 0 Å². The molecule has 3 heteroatoms. The van der Waals surface area contributed by atoms with Crippen molar-refractivity contribution >= 4 is 5.69 Å². The van der Waals surface area contributed by atoms with E-state index in [9.17, 15) is 0 Å². The summed E-state index contributed by atoms with van der Waals surface area (Å²) in [5, 5.41) is 5.24. The number of aromatic nitrogens is 2. The second kappa shape index (κ2) is 11.0. The second-order valence-electron chi connectivity index (χ2n) is 11.4. The largest absolute Gasteiger partial charge is 0.398 e.